The van der Waals surface area contributed by atoms with Crippen LogP contribution in [0.1, 0.15) is 36.7 Å². The predicted octanol–water partition coefficient (Wildman–Crippen LogP) is 1.93. The molecule has 0 aliphatic carbocycles. The third-order valence-corrected chi connectivity index (χ3v) is 3.24. The second kappa shape index (κ2) is 8.42. The fraction of sp³-hybridized carbons (Fsp3) is 0.500. The smallest absolute Gasteiger partial charge is 0.251 e. The van der Waals surface area contributed by atoms with Gasteiger partial charge in [-0.2, -0.15) is 0 Å². The van der Waals surface area contributed by atoms with Crippen LogP contribution in [-0.4, -0.2) is 31.4 Å². The van der Waals surface area contributed by atoms with Gasteiger partial charge in [0, 0.05) is 30.3 Å². The first-order valence-electron chi connectivity index (χ1n) is 7.40. The predicted molar refractivity (Wildman–Crippen MR) is 85.5 cm³/mol. The van der Waals surface area contributed by atoms with Gasteiger partial charge in [0.15, 0.2) is 0 Å². The van der Waals surface area contributed by atoms with Crippen LogP contribution in [-0.2, 0) is 4.79 Å². The Morgan fingerprint density at radius 1 is 1.19 bits per heavy atom. The molecule has 0 radical (unpaired) electrons. The summed E-state index contributed by atoms with van der Waals surface area (Å²) in [5.41, 5.74) is 2.18. The molecule has 0 aliphatic rings. The normalized spacial score (nSPS) is 11.8. The molecule has 1 atom stereocenters. The number of hydrogen-bond donors (Lipinski definition) is 3. The summed E-state index contributed by atoms with van der Waals surface area (Å²) in [5.74, 6) is -0.307. The molecule has 0 saturated carbocycles. The molecule has 5 nitrogen and oxygen atoms in total. The number of aryl methyl sites for hydroxylation is 1. The Kier molecular flexibility index (Phi) is 6.88. The van der Waals surface area contributed by atoms with E-state index in [4.69, 9.17) is 0 Å². The number of anilines is 1. The van der Waals surface area contributed by atoms with Gasteiger partial charge in [0.2, 0.25) is 5.91 Å². The Hall–Kier alpha value is -1.88. The van der Waals surface area contributed by atoms with Crippen LogP contribution >= 0.6 is 0 Å². The van der Waals surface area contributed by atoms with E-state index in [1.54, 1.807) is 12.1 Å². The maximum atomic E-state index is 12.1. The van der Waals surface area contributed by atoms with Crippen molar-refractivity contribution >= 4 is 17.5 Å². The van der Waals surface area contributed by atoms with Crippen molar-refractivity contribution in [3.8, 4) is 0 Å². The van der Waals surface area contributed by atoms with E-state index in [-0.39, 0.29) is 17.7 Å². The molecule has 1 aromatic rings. The van der Waals surface area contributed by atoms with E-state index in [0.717, 1.165) is 12.1 Å². The van der Waals surface area contributed by atoms with E-state index >= 15 is 0 Å². The van der Waals surface area contributed by atoms with Gasteiger partial charge in [0.05, 0.1) is 0 Å². The van der Waals surface area contributed by atoms with Gasteiger partial charge in [-0.1, -0.05) is 19.9 Å². The second-order valence-corrected chi connectivity index (χ2v) is 5.09. The average Bonchev–Trinajstić information content (AvgIpc) is 2.47. The van der Waals surface area contributed by atoms with Crippen LogP contribution in [0.4, 0.5) is 5.69 Å². The van der Waals surface area contributed by atoms with Crippen LogP contribution in [0.3, 0.4) is 0 Å². The minimum absolute atomic E-state index is 0.0490. The molecule has 21 heavy (non-hydrogen) atoms. The van der Waals surface area contributed by atoms with Crippen molar-refractivity contribution in [2.24, 2.45) is 5.92 Å². The van der Waals surface area contributed by atoms with Crippen LogP contribution in [0.25, 0.3) is 0 Å². The third-order valence-electron chi connectivity index (χ3n) is 3.24. The molecule has 1 unspecified atom stereocenters. The van der Waals surface area contributed by atoms with Gasteiger partial charge in [0.25, 0.3) is 5.91 Å². The molecule has 1 rings (SSSR count). The van der Waals surface area contributed by atoms with Crippen molar-refractivity contribution < 1.29 is 9.59 Å². The Bertz CT molecular complexity index is 500. The van der Waals surface area contributed by atoms with Crippen molar-refractivity contribution in [1.29, 1.82) is 0 Å². The lowest BCUT2D eigenvalue weighted by Gasteiger charge is -2.15. The Morgan fingerprint density at radius 2 is 1.90 bits per heavy atom. The highest BCUT2D eigenvalue weighted by Gasteiger charge is 2.14. The van der Waals surface area contributed by atoms with Crippen LogP contribution in [0, 0.1) is 12.8 Å². The van der Waals surface area contributed by atoms with Crippen LogP contribution in [0.2, 0.25) is 0 Å². The zero-order chi connectivity index (χ0) is 15.8. The summed E-state index contributed by atoms with van der Waals surface area (Å²) in [6.45, 7) is 9.71. The lowest BCUT2D eigenvalue weighted by Crippen LogP contribution is -2.30. The number of carbonyl (C=O) groups is 2. The number of rotatable bonds is 7. The zero-order valence-electron chi connectivity index (χ0n) is 13.2. The summed E-state index contributed by atoms with van der Waals surface area (Å²) in [5, 5.41) is 8.80. The summed E-state index contributed by atoms with van der Waals surface area (Å²) >= 11 is 0. The zero-order valence-corrected chi connectivity index (χ0v) is 13.2. The van der Waals surface area contributed by atoms with Gasteiger partial charge in [-0.05, 0) is 38.1 Å². The van der Waals surface area contributed by atoms with E-state index in [2.05, 4.69) is 16.0 Å². The highest BCUT2D eigenvalue weighted by atomic mass is 16.2. The topological polar surface area (TPSA) is 70.2 Å². The van der Waals surface area contributed by atoms with E-state index in [9.17, 15) is 9.59 Å². The van der Waals surface area contributed by atoms with E-state index in [1.807, 2.05) is 33.8 Å². The highest BCUT2D eigenvalue weighted by Crippen LogP contribution is 2.18. The third kappa shape index (κ3) is 5.19. The molecule has 5 heteroatoms. The molecule has 0 heterocycles. The van der Waals surface area contributed by atoms with Crippen molar-refractivity contribution in [2.45, 2.75) is 27.7 Å². The number of carbonyl (C=O) groups excluding carboxylic acids is 2. The van der Waals surface area contributed by atoms with Crippen molar-refractivity contribution in [1.82, 2.24) is 10.6 Å². The fourth-order valence-electron chi connectivity index (χ4n) is 1.87. The molecule has 0 fully saturated rings. The van der Waals surface area contributed by atoms with Crippen molar-refractivity contribution in [3.63, 3.8) is 0 Å². The Labute approximate surface area is 126 Å². The highest BCUT2D eigenvalue weighted by molar-refractivity contribution is 5.98. The maximum Gasteiger partial charge on any atom is 0.251 e. The monoisotopic (exact) mass is 291 g/mol. The average molecular weight is 291 g/mol. The summed E-state index contributed by atoms with van der Waals surface area (Å²) in [4.78, 5) is 24.0. The minimum Gasteiger partial charge on any atom is -0.352 e. The van der Waals surface area contributed by atoms with Crippen molar-refractivity contribution in [2.75, 3.05) is 25.0 Å². The fourth-order valence-corrected chi connectivity index (χ4v) is 1.87. The van der Waals surface area contributed by atoms with E-state index in [0.29, 0.717) is 24.3 Å². The summed E-state index contributed by atoms with van der Waals surface area (Å²) in [6.07, 6.45) is 0. The largest absolute Gasteiger partial charge is 0.352 e. The van der Waals surface area contributed by atoms with Gasteiger partial charge < -0.3 is 16.0 Å². The number of amides is 2. The van der Waals surface area contributed by atoms with Crippen LogP contribution in [0.15, 0.2) is 18.2 Å². The summed E-state index contributed by atoms with van der Waals surface area (Å²) in [7, 11) is 0. The second-order valence-electron chi connectivity index (χ2n) is 5.09. The van der Waals surface area contributed by atoms with E-state index < -0.39 is 0 Å². The standard InChI is InChI=1S/C16H25N3O2/c1-5-17-10-12(4)15(20)19-14-9-13(8-7-11(14)3)16(21)18-6-2/h7-9,12,17H,5-6,10H2,1-4H3,(H,18,21)(H,19,20). The van der Waals surface area contributed by atoms with Gasteiger partial charge in [0.1, 0.15) is 0 Å². The molecule has 0 bridgehead atoms. The number of nitrogens with one attached hydrogen (secondary N) is 3. The minimum atomic E-state index is -0.131. The molecular formula is C16H25N3O2. The van der Waals surface area contributed by atoms with Gasteiger partial charge in [-0.25, -0.2) is 0 Å². The van der Waals surface area contributed by atoms with Gasteiger partial charge >= 0.3 is 0 Å². The summed E-state index contributed by atoms with van der Waals surface area (Å²) < 4.78 is 0. The van der Waals surface area contributed by atoms with Crippen LogP contribution < -0.4 is 16.0 Å². The first-order valence-corrected chi connectivity index (χ1v) is 7.40. The first-order chi connectivity index (χ1) is 9.99. The van der Waals surface area contributed by atoms with Crippen LogP contribution in [0.5, 0.6) is 0 Å². The van der Waals surface area contributed by atoms with E-state index in [1.165, 1.54) is 0 Å². The van der Waals surface area contributed by atoms with Crippen molar-refractivity contribution in [3.05, 3.63) is 29.3 Å². The molecule has 0 aromatic heterocycles. The number of hydrogen-bond acceptors (Lipinski definition) is 3. The van der Waals surface area contributed by atoms with Gasteiger partial charge in [-0.3, -0.25) is 9.59 Å². The Morgan fingerprint density at radius 3 is 2.52 bits per heavy atom. The molecule has 0 aliphatic heterocycles. The Balaban J connectivity index is 2.80. The number of benzene rings is 1. The molecule has 1 aromatic carbocycles. The molecule has 0 saturated heterocycles. The quantitative estimate of drug-likeness (QED) is 0.719. The molecule has 3 N–H and O–H groups in total. The molecule has 0 spiro atoms. The SMILES string of the molecule is CCNCC(C)C(=O)Nc1cc(C(=O)NCC)ccc1C. The molecule has 2 amide bonds. The lowest BCUT2D eigenvalue weighted by atomic mass is 10.1. The summed E-state index contributed by atoms with van der Waals surface area (Å²) in [6, 6.07) is 5.32. The maximum absolute atomic E-state index is 12.1. The molecular weight excluding hydrogens is 266 g/mol. The molecule has 116 valence electrons. The van der Waals surface area contributed by atoms with Gasteiger partial charge in [-0.15, -0.1) is 0 Å². The first kappa shape index (κ1) is 17.2. The lowest BCUT2D eigenvalue weighted by molar-refractivity contribution is -0.119.